The number of benzene rings is 2. The van der Waals surface area contributed by atoms with Crippen molar-refractivity contribution < 1.29 is 19.8 Å². The molecule has 7 heteroatoms. The summed E-state index contributed by atoms with van der Waals surface area (Å²) in [5, 5.41) is 20.3. The maximum Gasteiger partial charge on any atom is 0.328 e. The summed E-state index contributed by atoms with van der Waals surface area (Å²) < 4.78 is 0. The van der Waals surface area contributed by atoms with E-state index in [1.54, 1.807) is 11.8 Å². The molecule has 1 amide bonds. The van der Waals surface area contributed by atoms with Crippen molar-refractivity contribution >= 4 is 35.0 Å². The summed E-state index contributed by atoms with van der Waals surface area (Å²) in [7, 11) is 0. The first-order valence-electron chi connectivity index (χ1n) is 7.86. The maximum absolute atomic E-state index is 12.1. The van der Waals surface area contributed by atoms with Gasteiger partial charge in [-0.1, -0.05) is 36.0 Å². The number of aliphatic hydroxyl groups excluding tert-OH is 1. The SMILES string of the molecule is O=C(CCN1c2ccccc2Sc2ccccc21)N[C@@H](CO)C(=O)O. The molecule has 1 atom stereocenters. The third kappa shape index (κ3) is 3.78. The average molecular weight is 358 g/mol. The molecule has 0 saturated carbocycles. The summed E-state index contributed by atoms with van der Waals surface area (Å²) in [6.45, 7) is -0.217. The second-order valence-corrected chi connectivity index (χ2v) is 6.66. The van der Waals surface area contributed by atoms with E-state index in [2.05, 4.69) is 10.2 Å². The number of carboxylic acid groups (broad SMARTS) is 1. The van der Waals surface area contributed by atoms with E-state index in [9.17, 15) is 9.59 Å². The minimum absolute atomic E-state index is 0.122. The Morgan fingerprint density at radius 1 is 1.04 bits per heavy atom. The number of fused-ring (bicyclic) bond motifs is 2. The summed E-state index contributed by atoms with van der Waals surface area (Å²) >= 11 is 1.69. The van der Waals surface area contributed by atoms with Gasteiger partial charge in [0.25, 0.3) is 0 Å². The van der Waals surface area contributed by atoms with E-state index in [1.165, 1.54) is 0 Å². The summed E-state index contributed by atoms with van der Waals surface area (Å²) in [6, 6.07) is 14.7. The Balaban J connectivity index is 1.76. The van der Waals surface area contributed by atoms with E-state index >= 15 is 0 Å². The largest absolute Gasteiger partial charge is 0.480 e. The molecule has 2 aromatic carbocycles. The van der Waals surface area contributed by atoms with Crippen molar-refractivity contribution in [3.8, 4) is 0 Å². The van der Waals surface area contributed by atoms with Crippen LogP contribution in [0.1, 0.15) is 6.42 Å². The van der Waals surface area contributed by atoms with Gasteiger partial charge in [-0.3, -0.25) is 4.79 Å². The second-order valence-electron chi connectivity index (χ2n) is 5.58. The van der Waals surface area contributed by atoms with Gasteiger partial charge in [0.15, 0.2) is 0 Å². The molecule has 0 saturated heterocycles. The molecule has 1 aliphatic rings. The molecular formula is C18H18N2O4S. The van der Waals surface area contributed by atoms with Crippen LogP contribution in [0, 0.1) is 0 Å². The van der Waals surface area contributed by atoms with Crippen molar-refractivity contribution in [1.82, 2.24) is 5.32 Å². The second kappa shape index (κ2) is 7.58. The van der Waals surface area contributed by atoms with Crippen LogP contribution in [0.2, 0.25) is 0 Å². The van der Waals surface area contributed by atoms with Gasteiger partial charge in [-0.25, -0.2) is 4.79 Å². The molecule has 0 bridgehead atoms. The van der Waals surface area contributed by atoms with Crippen LogP contribution in [0.5, 0.6) is 0 Å². The number of amides is 1. The highest BCUT2D eigenvalue weighted by atomic mass is 32.2. The fourth-order valence-electron chi connectivity index (χ4n) is 2.69. The number of aliphatic carboxylic acids is 1. The molecule has 0 unspecified atom stereocenters. The smallest absolute Gasteiger partial charge is 0.328 e. The third-order valence-electron chi connectivity index (χ3n) is 3.91. The highest BCUT2D eigenvalue weighted by molar-refractivity contribution is 7.99. The van der Waals surface area contributed by atoms with E-state index in [4.69, 9.17) is 10.2 Å². The number of para-hydroxylation sites is 2. The number of hydrogen-bond acceptors (Lipinski definition) is 5. The molecule has 3 rings (SSSR count). The molecule has 2 aromatic rings. The Kier molecular flexibility index (Phi) is 5.25. The van der Waals surface area contributed by atoms with Crippen molar-refractivity contribution in [2.75, 3.05) is 18.1 Å². The molecule has 0 radical (unpaired) electrons. The molecule has 1 heterocycles. The van der Waals surface area contributed by atoms with Crippen LogP contribution in [0.25, 0.3) is 0 Å². The van der Waals surface area contributed by atoms with Crippen molar-refractivity contribution in [3.05, 3.63) is 48.5 Å². The van der Waals surface area contributed by atoms with Crippen LogP contribution in [-0.4, -0.2) is 41.3 Å². The molecule has 3 N–H and O–H groups in total. The number of aliphatic hydroxyl groups is 1. The number of carbonyl (C=O) groups is 2. The lowest BCUT2D eigenvalue weighted by molar-refractivity contribution is -0.142. The van der Waals surface area contributed by atoms with Crippen LogP contribution in [-0.2, 0) is 9.59 Å². The standard InChI is InChI=1S/C18H18N2O4S/c21-11-12(18(23)24)19-17(22)9-10-20-13-5-1-3-7-15(13)25-16-8-4-2-6-14(16)20/h1-8,12,21H,9-11H2,(H,19,22)(H,23,24)/t12-/m0/s1. The lowest BCUT2D eigenvalue weighted by Gasteiger charge is -2.32. The Hall–Kier alpha value is -2.51. The topological polar surface area (TPSA) is 89.9 Å². The molecule has 0 spiro atoms. The van der Waals surface area contributed by atoms with Gasteiger partial charge in [0.05, 0.1) is 18.0 Å². The molecular weight excluding hydrogens is 340 g/mol. The number of nitrogens with one attached hydrogen (secondary N) is 1. The zero-order chi connectivity index (χ0) is 17.8. The van der Waals surface area contributed by atoms with Crippen LogP contribution < -0.4 is 10.2 Å². The van der Waals surface area contributed by atoms with Gasteiger partial charge in [-0.2, -0.15) is 0 Å². The van der Waals surface area contributed by atoms with E-state index in [0.717, 1.165) is 21.2 Å². The molecule has 0 fully saturated rings. The van der Waals surface area contributed by atoms with Crippen LogP contribution in [0.4, 0.5) is 11.4 Å². The van der Waals surface area contributed by atoms with Gasteiger partial charge in [0.1, 0.15) is 6.04 Å². The summed E-state index contributed by atoms with van der Waals surface area (Å²) in [5.74, 6) is -1.66. The van der Waals surface area contributed by atoms with Gasteiger partial charge >= 0.3 is 5.97 Å². The predicted molar refractivity (Wildman–Crippen MR) is 95.3 cm³/mol. The molecule has 130 valence electrons. The fraction of sp³-hybridized carbons (Fsp3) is 0.222. The van der Waals surface area contributed by atoms with Crippen molar-refractivity contribution in [2.45, 2.75) is 22.3 Å². The number of hydrogen-bond donors (Lipinski definition) is 3. The summed E-state index contributed by atoms with van der Waals surface area (Å²) in [6.07, 6.45) is 0.122. The number of carboxylic acids is 1. The molecule has 25 heavy (non-hydrogen) atoms. The Morgan fingerprint density at radius 2 is 1.60 bits per heavy atom. The molecule has 0 aromatic heterocycles. The highest BCUT2D eigenvalue weighted by Crippen LogP contribution is 2.47. The number of anilines is 2. The lowest BCUT2D eigenvalue weighted by Crippen LogP contribution is -2.44. The summed E-state index contributed by atoms with van der Waals surface area (Å²) in [4.78, 5) is 27.3. The van der Waals surface area contributed by atoms with E-state index in [-0.39, 0.29) is 6.42 Å². The first-order valence-corrected chi connectivity index (χ1v) is 8.68. The van der Waals surface area contributed by atoms with Crippen molar-refractivity contribution in [2.24, 2.45) is 0 Å². The first kappa shape index (κ1) is 17.3. The fourth-order valence-corrected chi connectivity index (χ4v) is 3.78. The van der Waals surface area contributed by atoms with Crippen molar-refractivity contribution in [3.63, 3.8) is 0 Å². The lowest BCUT2D eigenvalue weighted by atomic mass is 10.2. The average Bonchev–Trinajstić information content (AvgIpc) is 2.62. The Bertz CT molecular complexity index is 751. The van der Waals surface area contributed by atoms with Gasteiger partial charge in [0.2, 0.25) is 5.91 Å². The number of rotatable bonds is 6. The van der Waals surface area contributed by atoms with Crippen LogP contribution in [0.3, 0.4) is 0 Å². The van der Waals surface area contributed by atoms with Gasteiger partial charge in [-0.15, -0.1) is 0 Å². The monoisotopic (exact) mass is 358 g/mol. The maximum atomic E-state index is 12.1. The summed E-state index contributed by atoms with van der Waals surface area (Å²) in [5.41, 5.74) is 2.05. The van der Waals surface area contributed by atoms with Gasteiger partial charge < -0.3 is 20.4 Å². The molecule has 0 aliphatic carbocycles. The minimum Gasteiger partial charge on any atom is -0.480 e. The van der Waals surface area contributed by atoms with Crippen LogP contribution in [0.15, 0.2) is 58.3 Å². The molecule has 1 aliphatic heterocycles. The van der Waals surface area contributed by atoms with Gasteiger partial charge in [-0.05, 0) is 24.3 Å². The highest BCUT2D eigenvalue weighted by Gasteiger charge is 2.24. The van der Waals surface area contributed by atoms with E-state index in [0.29, 0.717) is 6.54 Å². The van der Waals surface area contributed by atoms with Crippen LogP contribution >= 0.6 is 11.8 Å². The third-order valence-corrected chi connectivity index (χ3v) is 5.04. The normalized spacial score (nSPS) is 13.6. The first-order chi connectivity index (χ1) is 12.1. The van der Waals surface area contributed by atoms with Crippen molar-refractivity contribution in [1.29, 1.82) is 0 Å². The Morgan fingerprint density at radius 3 is 2.12 bits per heavy atom. The van der Waals surface area contributed by atoms with E-state index in [1.807, 2.05) is 48.5 Å². The van der Waals surface area contributed by atoms with Gasteiger partial charge in [0, 0.05) is 22.8 Å². The zero-order valence-electron chi connectivity index (χ0n) is 13.4. The zero-order valence-corrected chi connectivity index (χ0v) is 14.2. The minimum atomic E-state index is -1.27. The van der Waals surface area contributed by atoms with E-state index < -0.39 is 24.5 Å². The Labute approximate surface area is 149 Å². The number of carbonyl (C=O) groups excluding carboxylic acids is 1. The number of nitrogens with zero attached hydrogens (tertiary/aromatic N) is 1. The molecule has 6 nitrogen and oxygen atoms in total. The quantitative estimate of drug-likeness (QED) is 0.734. The predicted octanol–water partition coefficient (Wildman–Crippen LogP) is 2.24.